The van der Waals surface area contributed by atoms with E-state index in [1.54, 1.807) is 0 Å². The van der Waals surface area contributed by atoms with Crippen molar-refractivity contribution in [1.29, 1.82) is 0 Å². The molecule has 4 nitrogen and oxygen atoms in total. The second kappa shape index (κ2) is 10.1. The van der Waals surface area contributed by atoms with E-state index in [1.165, 1.54) is 36.2 Å². The minimum Gasteiger partial charge on any atom is -0.371 e. The Morgan fingerprint density at radius 1 is 1.07 bits per heavy atom. The standard InChI is InChI=1S/C25H32FN3O/c26-23-12-10-20(11-13-23)18-28-15-3-8-22(19-28)25(30)27-14-5-17-29-16-4-7-21-6-1-2-9-24(21)29/h1-2,6,9-13,22H,3-5,7-8,14-19H2,(H,27,30)/t22-/m1/s1. The van der Waals surface area contributed by atoms with Crippen molar-refractivity contribution in [2.45, 2.75) is 38.6 Å². The van der Waals surface area contributed by atoms with E-state index in [4.69, 9.17) is 0 Å². The Kier molecular flexibility index (Phi) is 7.00. The lowest BCUT2D eigenvalue weighted by Crippen LogP contribution is -2.43. The van der Waals surface area contributed by atoms with Crippen LogP contribution in [-0.2, 0) is 17.8 Å². The third-order valence-electron chi connectivity index (χ3n) is 6.31. The molecule has 2 aromatic carbocycles. The van der Waals surface area contributed by atoms with Crippen molar-refractivity contribution in [1.82, 2.24) is 10.2 Å². The van der Waals surface area contributed by atoms with Gasteiger partial charge in [0.1, 0.15) is 5.82 Å². The molecule has 1 saturated heterocycles. The Labute approximate surface area is 179 Å². The first-order chi connectivity index (χ1) is 14.7. The lowest BCUT2D eigenvalue weighted by molar-refractivity contribution is -0.126. The Morgan fingerprint density at radius 2 is 1.90 bits per heavy atom. The van der Waals surface area contributed by atoms with Crippen molar-refractivity contribution < 1.29 is 9.18 Å². The number of nitrogens with zero attached hydrogens (tertiary/aromatic N) is 2. The molecular formula is C25H32FN3O. The van der Waals surface area contributed by atoms with Crippen LogP contribution in [0.25, 0.3) is 0 Å². The van der Waals surface area contributed by atoms with Gasteiger partial charge in [-0.1, -0.05) is 30.3 Å². The highest BCUT2D eigenvalue weighted by Gasteiger charge is 2.25. The fraction of sp³-hybridized carbons (Fsp3) is 0.480. The largest absolute Gasteiger partial charge is 0.371 e. The summed E-state index contributed by atoms with van der Waals surface area (Å²) in [4.78, 5) is 17.5. The van der Waals surface area contributed by atoms with Crippen LogP contribution in [0.1, 0.15) is 36.8 Å². The number of para-hydroxylation sites is 1. The molecule has 0 spiro atoms. The van der Waals surface area contributed by atoms with E-state index in [9.17, 15) is 9.18 Å². The predicted octanol–water partition coefficient (Wildman–Crippen LogP) is 4.00. The number of carbonyl (C=O) groups excluding carboxylic acids is 1. The predicted molar refractivity (Wildman–Crippen MR) is 119 cm³/mol. The molecule has 0 unspecified atom stereocenters. The van der Waals surface area contributed by atoms with Gasteiger partial charge in [-0.3, -0.25) is 9.69 Å². The highest BCUT2D eigenvalue weighted by atomic mass is 19.1. The highest BCUT2D eigenvalue weighted by molar-refractivity contribution is 5.78. The maximum atomic E-state index is 13.1. The molecule has 2 aliphatic rings. The first-order valence-electron chi connectivity index (χ1n) is 11.3. The monoisotopic (exact) mass is 409 g/mol. The highest BCUT2D eigenvalue weighted by Crippen LogP contribution is 2.26. The van der Waals surface area contributed by atoms with Crippen LogP contribution in [0.4, 0.5) is 10.1 Å². The van der Waals surface area contributed by atoms with Gasteiger partial charge in [0.2, 0.25) is 5.91 Å². The minimum atomic E-state index is -0.206. The smallest absolute Gasteiger partial charge is 0.224 e. The van der Waals surface area contributed by atoms with Gasteiger partial charge in [0.15, 0.2) is 0 Å². The van der Waals surface area contributed by atoms with E-state index in [-0.39, 0.29) is 17.6 Å². The average Bonchev–Trinajstić information content (AvgIpc) is 2.78. The summed E-state index contributed by atoms with van der Waals surface area (Å²) in [5.41, 5.74) is 3.90. The zero-order valence-electron chi connectivity index (χ0n) is 17.7. The normalized spacial score (nSPS) is 19.4. The Morgan fingerprint density at radius 3 is 2.77 bits per heavy atom. The van der Waals surface area contributed by atoms with E-state index in [2.05, 4.69) is 39.4 Å². The van der Waals surface area contributed by atoms with Gasteiger partial charge < -0.3 is 10.2 Å². The number of aryl methyl sites for hydroxylation is 1. The Balaban J connectivity index is 1.20. The molecule has 30 heavy (non-hydrogen) atoms. The summed E-state index contributed by atoms with van der Waals surface area (Å²) in [5, 5.41) is 3.17. The summed E-state index contributed by atoms with van der Waals surface area (Å²) >= 11 is 0. The molecular weight excluding hydrogens is 377 g/mol. The van der Waals surface area contributed by atoms with Crippen molar-refractivity contribution in [3.63, 3.8) is 0 Å². The van der Waals surface area contributed by atoms with Crippen LogP contribution in [0, 0.1) is 11.7 Å². The van der Waals surface area contributed by atoms with Gasteiger partial charge in [-0.25, -0.2) is 4.39 Å². The number of halogens is 1. The van der Waals surface area contributed by atoms with Crippen molar-refractivity contribution in [3.8, 4) is 0 Å². The zero-order valence-corrected chi connectivity index (χ0v) is 17.7. The van der Waals surface area contributed by atoms with Crippen molar-refractivity contribution in [3.05, 3.63) is 65.5 Å². The third-order valence-corrected chi connectivity index (χ3v) is 6.31. The van der Waals surface area contributed by atoms with Gasteiger partial charge >= 0.3 is 0 Å². The summed E-state index contributed by atoms with van der Waals surface area (Å²) in [5.74, 6) is 0.0236. The average molecular weight is 410 g/mol. The molecule has 0 aliphatic carbocycles. The maximum Gasteiger partial charge on any atom is 0.224 e. The number of fused-ring (bicyclic) bond motifs is 1. The second-order valence-electron chi connectivity index (χ2n) is 8.56. The van der Waals surface area contributed by atoms with Crippen molar-refractivity contribution >= 4 is 11.6 Å². The third kappa shape index (κ3) is 5.39. The topological polar surface area (TPSA) is 35.6 Å². The van der Waals surface area contributed by atoms with E-state index in [0.717, 1.165) is 64.1 Å². The van der Waals surface area contributed by atoms with E-state index >= 15 is 0 Å². The van der Waals surface area contributed by atoms with Crippen molar-refractivity contribution in [2.75, 3.05) is 37.6 Å². The van der Waals surface area contributed by atoms with Crippen LogP contribution in [0.15, 0.2) is 48.5 Å². The fourth-order valence-corrected chi connectivity index (χ4v) is 4.73. The molecule has 0 bridgehead atoms. The number of anilines is 1. The Bertz CT molecular complexity index is 839. The van der Waals surface area contributed by atoms with Crippen LogP contribution in [-0.4, -0.2) is 43.5 Å². The van der Waals surface area contributed by atoms with Gasteiger partial charge in [-0.15, -0.1) is 0 Å². The molecule has 1 N–H and O–H groups in total. The summed E-state index contributed by atoms with van der Waals surface area (Å²) in [6, 6.07) is 15.3. The van der Waals surface area contributed by atoms with Crippen molar-refractivity contribution in [2.24, 2.45) is 5.92 Å². The number of piperidine rings is 1. The van der Waals surface area contributed by atoms with Gasteiger partial charge in [-0.2, -0.15) is 0 Å². The second-order valence-corrected chi connectivity index (χ2v) is 8.56. The van der Waals surface area contributed by atoms with E-state index in [0.29, 0.717) is 0 Å². The first kappa shape index (κ1) is 20.9. The number of hydrogen-bond acceptors (Lipinski definition) is 3. The minimum absolute atomic E-state index is 0.0508. The number of benzene rings is 2. The molecule has 1 fully saturated rings. The molecule has 160 valence electrons. The Hall–Kier alpha value is -2.40. The molecule has 0 radical (unpaired) electrons. The van der Waals surface area contributed by atoms with Crippen LogP contribution in [0.2, 0.25) is 0 Å². The SMILES string of the molecule is O=C(NCCCN1CCCc2ccccc21)[C@@H]1CCCN(Cc2ccc(F)cc2)C1. The number of carbonyl (C=O) groups is 1. The molecule has 4 rings (SSSR count). The fourth-order valence-electron chi connectivity index (χ4n) is 4.73. The molecule has 2 heterocycles. The molecule has 0 saturated carbocycles. The molecule has 2 aliphatic heterocycles. The zero-order chi connectivity index (χ0) is 20.8. The molecule has 1 atom stereocenters. The van der Waals surface area contributed by atoms with Gasteiger partial charge in [0.05, 0.1) is 5.92 Å². The van der Waals surface area contributed by atoms with Gasteiger partial charge in [0, 0.05) is 38.4 Å². The lowest BCUT2D eigenvalue weighted by atomic mass is 9.96. The van der Waals surface area contributed by atoms with Crippen LogP contribution >= 0.6 is 0 Å². The number of nitrogens with one attached hydrogen (secondary N) is 1. The van der Waals surface area contributed by atoms with Crippen LogP contribution in [0.3, 0.4) is 0 Å². The number of hydrogen-bond donors (Lipinski definition) is 1. The maximum absolute atomic E-state index is 13.1. The molecule has 1 amide bonds. The molecule has 5 heteroatoms. The number of amides is 1. The van der Waals surface area contributed by atoms with Crippen LogP contribution < -0.4 is 10.2 Å². The lowest BCUT2D eigenvalue weighted by Gasteiger charge is -2.32. The summed E-state index contributed by atoms with van der Waals surface area (Å²) in [6.45, 7) is 5.37. The quantitative estimate of drug-likeness (QED) is 0.702. The number of likely N-dealkylation sites (tertiary alicyclic amines) is 1. The van der Waals surface area contributed by atoms with Crippen LogP contribution in [0.5, 0.6) is 0 Å². The molecule has 0 aromatic heterocycles. The van der Waals surface area contributed by atoms with E-state index in [1.807, 2.05) is 12.1 Å². The summed E-state index contributed by atoms with van der Waals surface area (Å²) in [7, 11) is 0. The number of rotatable bonds is 7. The summed E-state index contributed by atoms with van der Waals surface area (Å²) in [6.07, 6.45) is 5.32. The first-order valence-corrected chi connectivity index (χ1v) is 11.3. The summed E-state index contributed by atoms with van der Waals surface area (Å²) < 4.78 is 13.1. The van der Waals surface area contributed by atoms with Gasteiger partial charge in [-0.05, 0) is 68.0 Å². The molecule has 2 aromatic rings. The van der Waals surface area contributed by atoms with Gasteiger partial charge in [0.25, 0.3) is 0 Å². The van der Waals surface area contributed by atoms with E-state index < -0.39 is 0 Å².